The van der Waals surface area contributed by atoms with Crippen LogP contribution in [0.5, 0.6) is 11.5 Å². The number of rotatable bonds is 7. The summed E-state index contributed by atoms with van der Waals surface area (Å²) in [4.78, 5) is 30.2. The summed E-state index contributed by atoms with van der Waals surface area (Å²) in [5, 5.41) is 2.65. The van der Waals surface area contributed by atoms with E-state index in [9.17, 15) is 9.59 Å². The number of para-hydroxylation sites is 2. The maximum absolute atomic E-state index is 12.1. The summed E-state index contributed by atoms with van der Waals surface area (Å²) in [6.45, 7) is 2.03. The molecule has 0 aliphatic carbocycles. The first kappa shape index (κ1) is 16.5. The lowest BCUT2D eigenvalue weighted by Crippen LogP contribution is -2.21. The van der Waals surface area contributed by atoms with Crippen molar-refractivity contribution in [2.75, 3.05) is 18.5 Å². The van der Waals surface area contributed by atoms with E-state index in [4.69, 9.17) is 9.47 Å². The first-order valence-electron chi connectivity index (χ1n) is 7.79. The Balaban J connectivity index is 1.64. The Morgan fingerprint density at radius 3 is 2.80 bits per heavy atom. The van der Waals surface area contributed by atoms with Crippen LogP contribution in [-0.2, 0) is 4.79 Å². The Morgan fingerprint density at radius 2 is 2.04 bits per heavy atom. The number of imidazole rings is 1. The van der Waals surface area contributed by atoms with Crippen molar-refractivity contribution in [2.24, 2.45) is 0 Å². The number of aromatic nitrogens is 2. The maximum atomic E-state index is 12.1. The quantitative estimate of drug-likeness (QED) is 0.646. The van der Waals surface area contributed by atoms with Crippen LogP contribution in [0.3, 0.4) is 0 Å². The Hall–Kier alpha value is -3.35. The van der Waals surface area contributed by atoms with E-state index in [2.05, 4.69) is 15.3 Å². The molecule has 3 aromatic rings. The Labute approximate surface area is 144 Å². The highest BCUT2D eigenvalue weighted by Crippen LogP contribution is 2.28. The van der Waals surface area contributed by atoms with E-state index in [0.717, 1.165) is 17.3 Å². The number of carbonyl (C=O) groups is 2. The molecule has 128 valence electrons. The number of amides is 1. The first-order chi connectivity index (χ1) is 12.2. The summed E-state index contributed by atoms with van der Waals surface area (Å²) in [5.74, 6) is 0.813. The number of aldehydes is 1. The molecule has 0 saturated carbocycles. The molecular formula is C18H17N3O4. The smallest absolute Gasteiger partial charge is 0.264 e. The molecule has 0 spiro atoms. The molecule has 2 aromatic carbocycles. The van der Waals surface area contributed by atoms with E-state index in [-0.39, 0.29) is 12.5 Å². The number of fused-ring (bicyclic) bond motifs is 1. The molecule has 1 amide bonds. The molecule has 2 N–H and O–H groups in total. The number of carbonyl (C=O) groups excluding carboxylic acids is 2. The number of hydrogen-bond donors (Lipinski definition) is 2. The van der Waals surface area contributed by atoms with Crippen LogP contribution in [0.15, 0.2) is 42.5 Å². The first-order valence-corrected chi connectivity index (χ1v) is 7.79. The number of ether oxygens (including phenoxy) is 2. The monoisotopic (exact) mass is 339 g/mol. The zero-order chi connectivity index (χ0) is 17.6. The summed E-state index contributed by atoms with van der Waals surface area (Å²) >= 11 is 0. The van der Waals surface area contributed by atoms with Gasteiger partial charge in [0, 0.05) is 5.56 Å². The number of H-pyrrole nitrogens is 1. The molecule has 0 fully saturated rings. The van der Waals surface area contributed by atoms with Gasteiger partial charge in [0.1, 0.15) is 6.29 Å². The number of hydrogen-bond acceptors (Lipinski definition) is 5. The third-order valence-corrected chi connectivity index (χ3v) is 3.41. The van der Waals surface area contributed by atoms with Gasteiger partial charge in [0.2, 0.25) is 5.95 Å². The van der Waals surface area contributed by atoms with Crippen molar-refractivity contribution in [3.05, 3.63) is 48.0 Å². The largest absolute Gasteiger partial charge is 0.490 e. The minimum Gasteiger partial charge on any atom is -0.490 e. The van der Waals surface area contributed by atoms with Crippen LogP contribution in [0.4, 0.5) is 5.95 Å². The third-order valence-electron chi connectivity index (χ3n) is 3.41. The molecule has 0 saturated heterocycles. The zero-order valence-electron chi connectivity index (χ0n) is 13.6. The average Bonchev–Trinajstić information content (AvgIpc) is 3.03. The lowest BCUT2D eigenvalue weighted by molar-refractivity contribution is -0.118. The van der Waals surface area contributed by atoms with Crippen molar-refractivity contribution in [1.29, 1.82) is 0 Å². The number of benzene rings is 2. The molecule has 0 atom stereocenters. The van der Waals surface area contributed by atoms with Crippen molar-refractivity contribution >= 4 is 29.2 Å². The molecule has 25 heavy (non-hydrogen) atoms. The molecule has 0 aliphatic rings. The minimum absolute atomic E-state index is 0.211. The van der Waals surface area contributed by atoms with Crippen LogP contribution >= 0.6 is 0 Å². The van der Waals surface area contributed by atoms with Crippen LogP contribution in [0, 0.1) is 0 Å². The van der Waals surface area contributed by atoms with Gasteiger partial charge in [0.15, 0.2) is 18.1 Å². The Kier molecular flexibility index (Phi) is 4.94. The lowest BCUT2D eigenvalue weighted by atomic mass is 10.2. The van der Waals surface area contributed by atoms with Gasteiger partial charge in [-0.05, 0) is 37.3 Å². The van der Waals surface area contributed by atoms with Gasteiger partial charge in [-0.2, -0.15) is 0 Å². The Bertz CT molecular complexity index is 871. The summed E-state index contributed by atoms with van der Waals surface area (Å²) in [6.07, 6.45) is 0.723. The molecule has 1 heterocycles. The van der Waals surface area contributed by atoms with Gasteiger partial charge in [-0.15, -0.1) is 0 Å². The fraction of sp³-hybridized carbons (Fsp3) is 0.167. The summed E-state index contributed by atoms with van der Waals surface area (Å²) < 4.78 is 10.9. The standard InChI is InChI=1S/C18H17N3O4/c1-2-24-16-9-12(10-22)7-8-15(16)25-11-17(23)21-18-19-13-5-3-4-6-14(13)20-18/h3-10H,2,11H2,1H3,(H2,19,20,21,23). The van der Waals surface area contributed by atoms with Crippen LogP contribution in [0.2, 0.25) is 0 Å². The second kappa shape index (κ2) is 7.48. The highest BCUT2D eigenvalue weighted by molar-refractivity contribution is 5.92. The third kappa shape index (κ3) is 3.95. The SMILES string of the molecule is CCOc1cc(C=O)ccc1OCC(=O)Nc1nc2ccccc2[nH]1. The van der Waals surface area contributed by atoms with E-state index in [0.29, 0.717) is 29.6 Å². The minimum atomic E-state index is -0.360. The van der Waals surface area contributed by atoms with Gasteiger partial charge < -0.3 is 14.5 Å². The number of anilines is 1. The van der Waals surface area contributed by atoms with Crippen molar-refractivity contribution in [3.8, 4) is 11.5 Å². The summed E-state index contributed by atoms with van der Waals surface area (Å²) in [7, 11) is 0. The van der Waals surface area contributed by atoms with Crippen LogP contribution < -0.4 is 14.8 Å². The van der Waals surface area contributed by atoms with Gasteiger partial charge in [-0.25, -0.2) is 4.98 Å². The molecule has 0 radical (unpaired) electrons. The summed E-state index contributed by atoms with van der Waals surface area (Å²) in [6, 6.07) is 12.2. The average molecular weight is 339 g/mol. The predicted octanol–water partition coefficient (Wildman–Crippen LogP) is 2.79. The Morgan fingerprint density at radius 1 is 1.20 bits per heavy atom. The van der Waals surface area contributed by atoms with Crippen molar-refractivity contribution in [2.45, 2.75) is 6.92 Å². The molecular weight excluding hydrogens is 322 g/mol. The highest BCUT2D eigenvalue weighted by atomic mass is 16.5. The fourth-order valence-electron chi connectivity index (χ4n) is 2.31. The van der Waals surface area contributed by atoms with Gasteiger partial charge in [-0.1, -0.05) is 12.1 Å². The van der Waals surface area contributed by atoms with E-state index in [1.165, 1.54) is 0 Å². The van der Waals surface area contributed by atoms with Crippen LogP contribution in [-0.4, -0.2) is 35.4 Å². The number of nitrogens with one attached hydrogen (secondary N) is 2. The van der Waals surface area contributed by atoms with Gasteiger partial charge in [-0.3, -0.25) is 14.9 Å². The number of aromatic amines is 1. The van der Waals surface area contributed by atoms with Gasteiger partial charge in [0.05, 0.1) is 17.6 Å². The zero-order valence-corrected chi connectivity index (χ0v) is 13.6. The van der Waals surface area contributed by atoms with Crippen LogP contribution in [0.25, 0.3) is 11.0 Å². The second-order valence-electron chi connectivity index (χ2n) is 5.20. The lowest BCUT2D eigenvalue weighted by Gasteiger charge is -2.11. The number of nitrogens with zero attached hydrogens (tertiary/aromatic N) is 1. The fourth-order valence-corrected chi connectivity index (χ4v) is 2.31. The molecule has 0 aliphatic heterocycles. The van der Waals surface area contributed by atoms with Gasteiger partial charge >= 0.3 is 0 Å². The maximum Gasteiger partial charge on any atom is 0.264 e. The van der Waals surface area contributed by atoms with E-state index >= 15 is 0 Å². The molecule has 3 rings (SSSR count). The van der Waals surface area contributed by atoms with E-state index < -0.39 is 0 Å². The summed E-state index contributed by atoms with van der Waals surface area (Å²) in [5.41, 5.74) is 2.08. The van der Waals surface area contributed by atoms with E-state index in [1.54, 1.807) is 18.2 Å². The molecule has 7 nitrogen and oxygen atoms in total. The predicted molar refractivity (Wildman–Crippen MR) is 93.2 cm³/mol. The topological polar surface area (TPSA) is 93.3 Å². The second-order valence-corrected chi connectivity index (χ2v) is 5.20. The van der Waals surface area contributed by atoms with E-state index in [1.807, 2.05) is 31.2 Å². The highest BCUT2D eigenvalue weighted by Gasteiger charge is 2.11. The van der Waals surface area contributed by atoms with Crippen molar-refractivity contribution in [3.63, 3.8) is 0 Å². The molecule has 7 heteroatoms. The van der Waals surface area contributed by atoms with Crippen molar-refractivity contribution < 1.29 is 19.1 Å². The molecule has 0 unspecified atom stereocenters. The molecule has 0 bridgehead atoms. The van der Waals surface area contributed by atoms with Gasteiger partial charge in [0.25, 0.3) is 5.91 Å². The molecule has 1 aromatic heterocycles. The van der Waals surface area contributed by atoms with Crippen molar-refractivity contribution in [1.82, 2.24) is 9.97 Å². The normalized spacial score (nSPS) is 10.4. The van der Waals surface area contributed by atoms with Crippen LogP contribution in [0.1, 0.15) is 17.3 Å².